The standard InChI is InChI=1S/C8H13N3/c1-7-5-11-4-3-10(2)6-8(11)9-7/h5H,3-4,6H2,1-2H3. The van der Waals surface area contributed by atoms with Crippen molar-refractivity contribution in [3.8, 4) is 0 Å². The summed E-state index contributed by atoms with van der Waals surface area (Å²) in [5.41, 5.74) is 1.13. The normalized spacial score (nSPS) is 18.4. The molecule has 0 atom stereocenters. The van der Waals surface area contributed by atoms with Crippen LogP contribution in [0.15, 0.2) is 6.20 Å². The number of likely N-dealkylation sites (N-methyl/N-ethyl adjacent to an activating group) is 1. The summed E-state index contributed by atoms with van der Waals surface area (Å²) in [7, 11) is 2.13. The van der Waals surface area contributed by atoms with Crippen LogP contribution in [0.4, 0.5) is 0 Å². The van der Waals surface area contributed by atoms with Crippen LogP contribution in [0.25, 0.3) is 0 Å². The number of rotatable bonds is 0. The lowest BCUT2D eigenvalue weighted by atomic mass is 10.4. The van der Waals surface area contributed by atoms with Crippen molar-refractivity contribution in [3.63, 3.8) is 0 Å². The number of hydrogen-bond acceptors (Lipinski definition) is 2. The van der Waals surface area contributed by atoms with E-state index < -0.39 is 0 Å². The first kappa shape index (κ1) is 6.85. The highest BCUT2D eigenvalue weighted by molar-refractivity contribution is 5.03. The van der Waals surface area contributed by atoms with E-state index in [4.69, 9.17) is 0 Å². The molecule has 0 aliphatic carbocycles. The maximum atomic E-state index is 4.42. The molecule has 2 rings (SSSR count). The van der Waals surface area contributed by atoms with E-state index in [-0.39, 0.29) is 0 Å². The first-order valence-corrected chi connectivity index (χ1v) is 3.97. The van der Waals surface area contributed by atoms with Gasteiger partial charge in [-0.15, -0.1) is 0 Å². The fraction of sp³-hybridized carbons (Fsp3) is 0.625. The number of fused-ring (bicyclic) bond motifs is 1. The Hall–Kier alpha value is -0.830. The Morgan fingerprint density at radius 1 is 1.45 bits per heavy atom. The Balaban J connectivity index is 2.34. The first-order chi connectivity index (χ1) is 5.25. The molecule has 0 fully saturated rings. The van der Waals surface area contributed by atoms with Crippen LogP contribution < -0.4 is 0 Å². The molecule has 0 aromatic carbocycles. The predicted molar refractivity (Wildman–Crippen MR) is 43.3 cm³/mol. The molecule has 0 saturated carbocycles. The highest BCUT2D eigenvalue weighted by Crippen LogP contribution is 2.09. The topological polar surface area (TPSA) is 21.1 Å². The Labute approximate surface area is 66.6 Å². The molecule has 1 aliphatic heterocycles. The second kappa shape index (κ2) is 2.34. The number of aromatic nitrogens is 2. The van der Waals surface area contributed by atoms with E-state index in [2.05, 4.69) is 27.7 Å². The van der Waals surface area contributed by atoms with Crippen molar-refractivity contribution in [2.75, 3.05) is 13.6 Å². The van der Waals surface area contributed by atoms with Crippen molar-refractivity contribution in [1.29, 1.82) is 0 Å². The van der Waals surface area contributed by atoms with Crippen LogP contribution in [0.2, 0.25) is 0 Å². The molecule has 1 aromatic heterocycles. The van der Waals surface area contributed by atoms with Crippen LogP contribution in [-0.2, 0) is 13.1 Å². The summed E-state index contributed by atoms with van der Waals surface area (Å²) in [4.78, 5) is 6.72. The van der Waals surface area contributed by atoms with Gasteiger partial charge in [-0.1, -0.05) is 0 Å². The van der Waals surface area contributed by atoms with Crippen molar-refractivity contribution >= 4 is 0 Å². The van der Waals surface area contributed by atoms with E-state index >= 15 is 0 Å². The van der Waals surface area contributed by atoms with Crippen LogP contribution in [0, 0.1) is 6.92 Å². The molecule has 11 heavy (non-hydrogen) atoms. The third-order valence-electron chi connectivity index (χ3n) is 2.11. The van der Waals surface area contributed by atoms with Gasteiger partial charge in [-0.3, -0.25) is 4.90 Å². The Morgan fingerprint density at radius 3 is 3.09 bits per heavy atom. The molecule has 0 radical (unpaired) electrons. The van der Waals surface area contributed by atoms with E-state index in [1.807, 2.05) is 6.92 Å². The summed E-state index contributed by atoms with van der Waals surface area (Å²) in [6.45, 7) is 5.27. The molecule has 3 heteroatoms. The lowest BCUT2D eigenvalue weighted by molar-refractivity contribution is 0.264. The zero-order chi connectivity index (χ0) is 7.84. The highest BCUT2D eigenvalue weighted by atomic mass is 15.2. The van der Waals surface area contributed by atoms with E-state index in [0.29, 0.717) is 0 Å². The summed E-state index contributed by atoms with van der Waals surface area (Å²) >= 11 is 0. The van der Waals surface area contributed by atoms with Gasteiger partial charge in [-0.05, 0) is 14.0 Å². The average molecular weight is 151 g/mol. The summed E-state index contributed by atoms with van der Waals surface area (Å²) < 4.78 is 2.25. The first-order valence-electron chi connectivity index (χ1n) is 3.97. The zero-order valence-electron chi connectivity index (χ0n) is 7.04. The maximum Gasteiger partial charge on any atom is 0.123 e. The number of hydrogen-bond donors (Lipinski definition) is 0. The molecule has 1 aromatic rings. The van der Waals surface area contributed by atoms with Crippen LogP contribution >= 0.6 is 0 Å². The average Bonchev–Trinajstić information content (AvgIpc) is 2.27. The monoisotopic (exact) mass is 151 g/mol. The Morgan fingerprint density at radius 2 is 2.27 bits per heavy atom. The lowest BCUT2D eigenvalue weighted by Gasteiger charge is -2.22. The Kier molecular flexibility index (Phi) is 1.46. The van der Waals surface area contributed by atoms with Crippen molar-refractivity contribution in [3.05, 3.63) is 17.7 Å². The number of aryl methyl sites for hydroxylation is 1. The van der Waals surface area contributed by atoms with E-state index in [0.717, 1.165) is 25.3 Å². The van der Waals surface area contributed by atoms with Gasteiger partial charge in [0.15, 0.2) is 0 Å². The quantitative estimate of drug-likeness (QED) is 0.542. The molecule has 0 N–H and O–H groups in total. The largest absolute Gasteiger partial charge is 0.332 e. The van der Waals surface area contributed by atoms with Gasteiger partial charge in [-0.25, -0.2) is 4.98 Å². The van der Waals surface area contributed by atoms with E-state index in [1.54, 1.807) is 0 Å². The maximum absolute atomic E-state index is 4.42. The molecular weight excluding hydrogens is 138 g/mol. The van der Waals surface area contributed by atoms with E-state index in [9.17, 15) is 0 Å². The summed E-state index contributed by atoms with van der Waals surface area (Å²) in [6, 6.07) is 0. The zero-order valence-corrected chi connectivity index (χ0v) is 7.04. The molecule has 0 spiro atoms. The molecule has 3 nitrogen and oxygen atoms in total. The van der Waals surface area contributed by atoms with Crippen LogP contribution in [0.5, 0.6) is 0 Å². The second-order valence-electron chi connectivity index (χ2n) is 3.23. The molecule has 0 bridgehead atoms. The fourth-order valence-corrected chi connectivity index (χ4v) is 1.52. The van der Waals surface area contributed by atoms with Gasteiger partial charge in [0.25, 0.3) is 0 Å². The molecule has 0 amide bonds. The third-order valence-corrected chi connectivity index (χ3v) is 2.11. The summed E-state index contributed by atoms with van der Waals surface area (Å²) in [5.74, 6) is 1.20. The van der Waals surface area contributed by atoms with Gasteiger partial charge in [0, 0.05) is 19.3 Å². The molecule has 0 saturated heterocycles. The minimum atomic E-state index is 0.994. The van der Waals surface area contributed by atoms with Crippen molar-refractivity contribution in [2.24, 2.45) is 0 Å². The smallest absolute Gasteiger partial charge is 0.123 e. The number of imidazole rings is 1. The van der Waals surface area contributed by atoms with Crippen LogP contribution in [-0.4, -0.2) is 28.0 Å². The van der Waals surface area contributed by atoms with Gasteiger partial charge in [-0.2, -0.15) is 0 Å². The molecule has 0 unspecified atom stereocenters. The fourth-order valence-electron chi connectivity index (χ4n) is 1.52. The van der Waals surface area contributed by atoms with Gasteiger partial charge in [0.05, 0.1) is 12.2 Å². The SMILES string of the molecule is Cc1cn2c(n1)CN(C)CC2. The minimum Gasteiger partial charge on any atom is -0.332 e. The molecular formula is C8H13N3. The van der Waals surface area contributed by atoms with Gasteiger partial charge < -0.3 is 4.57 Å². The van der Waals surface area contributed by atoms with Crippen molar-refractivity contribution < 1.29 is 0 Å². The number of nitrogens with zero attached hydrogens (tertiary/aromatic N) is 3. The second-order valence-corrected chi connectivity index (χ2v) is 3.23. The van der Waals surface area contributed by atoms with Gasteiger partial charge in [0.1, 0.15) is 5.82 Å². The highest BCUT2D eigenvalue weighted by Gasteiger charge is 2.13. The molecule has 2 heterocycles. The van der Waals surface area contributed by atoms with Gasteiger partial charge >= 0.3 is 0 Å². The van der Waals surface area contributed by atoms with Crippen LogP contribution in [0.1, 0.15) is 11.5 Å². The summed E-state index contributed by atoms with van der Waals surface area (Å²) in [5, 5.41) is 0. The molecule has 1 aliphatic rings. The van der Waals surface area contributed by atoms with Crippen molar-refractivity contribution in [2.45, 2.75) is 20.0 Å². The summed E-state index contributed by atoms with van der Waals surface area (Å²) in [6.07, 6.45) is 2.13. The third kappa shape index (κ3) is 1.16. The van der Waals surface area contributed by atoms with Gasteiger partial charge in [0.2, 0.25) is 0 Å². The molecule has 60 valence electrons. The van der Waals surface area contributed by atoms with Crippen LogP contribution in [0.3, 0.4) is 0 Å². The lowest BCUT2D eigenvalue weighted by Crippen LogP contribution is -2.30. The predicted octanol–water partition coefficient (Wildman–Crippen LogP) is 0.637. The Bertz CT molecular complexity index is 264. The van der Waals surface area contributed by atoms with Crippen molar-refractivity contribution in [1.82, 2.24) is 14.5 Å². The minimum absolute atomic E-state index is 0.994. The van der Waals surface area contributed by atoms with E-state index in [1.165, 1.54) is 5.82 Å².